The molecule has 1 aromatic rings. The van der Waals surface area contributed by atoms with Crippen molar-refractivity contribution < 1.29 is 9.47 Å². The zero-order chi connectivity index (χ0) is 9.42. The minimum atomic E-state index is -0.360. The quantitative estimate of drug-likeness (QED) is 0.709. The number of hydrogen-bond donors (Lipinski definition) is 0. The first-order valence-electron chi connectivity index (χ1n) is 4.18. The zero-order valence-corrected chi connectivity index (χ0v) is 10.7. The van der Waals surface area contributed by atoms with E-state index in [1.807, 2.05) is 0 Å². The minimum Gasteiger partial charge on any atom is -0.460 e. The van der Waals surface area contributed by atoms with E-state index >= 15 is 0 Å². The van der Waals surface area contributed by atoms with Gasteiger partial charge in [0.25, 0.3) is 0 Å². The third-order valence-electron chi connectivity index (χ3n) is 2.43. The zero-order valence-electron chi connectivity index (χ0n) is 7.69. The van der Waals surface area contributed by atoms with Crippen molar-refractivity contribution in [2.24, 2.45) is 0 Å². The number of halogens is 1. The molecule has 0 spiro atoms. The molecular weight excluding hydrogens is 244 g/mol. The largest absolute Gasteiger partial charge is 0.513 e. The second-order valence-electron chi connectivity index (χ2n) is 3.15. The van der Waals surface area contributed by atoms with E-state index in [1.165, 1.54) is 14.8 Å². The summed E-state index contributed by atoms with van der Waals surface area (Å²) in [7, 11) is 0. The summed E-state index contributed by atoms with van der Waals surface area (Å²) in [5.74, 6) is 2.00. The van der Waals surface area contributed by atoms with Crippen LogP contribution in [0.15, 0.2) is 6.07 Å². The van der Waals surface area contributed by atoms with Crippen LogP contribution in [0.25, 0.3) is 0 Å². The van der Waals surface area contributed by atoms with Gasteiger partial charge in [-0.1, -0.05) is 0 Å². The van der Waals surface area contributed by atoms with Crippen molar-refractivity contribution in [3.05, 3.63) is 17.2 Å². The number of fused-ring (bicyclic) bond motifs is 4. The first-order chi connectivity index (χ1) is 6.24. The Balaban J connectivity index is 2.67. The molecule has 0 aliphatic carbocycles. The van der Waals surface area contributed by atoms with Gasteiger partial charge < -0.3 is 9.47 Å². The average molecular weight is 253 g/mol. The van der Waals surface area contributed by atoms with Crippen molar-refractivity contribution in [2.45, 2.75) is 13.8 Å². The highest BCUT2D eigenvalue weighted by molar-refractivity contribution is 9.23. The van der Waals surface area contributed by atoms with E-state index in [-0.39, 0.29) is 18.2 Å². The van der Waals surface area contributed by atoms with E-state index in [9.17, 15) is 0 Å². The summed E-state index contributed by atoms with van der Waals surface area (Å²) in [6.07, 6.45) is 0. The molecule has 0 atom stereocenters. The third kappa shape index (κ3) is 1.55. The van der Waals surface area contributed by atoms with Crippen LogP contribution in [0, 0.1) is 13.8 Å². The van der Waals surface area contributed by atoms with Gasteiger partial charge in [0.1, 0.15) is 11.5 Å². The lowest BCUT2D eigenvalue weighted by molar-refractivity contribution is 0.127. The van der Waals surface area contributed by atoms with Gasteiger partial charge in [0.15, 0.2) is 0 Å². The number of rotatable bonds is 1. The summed E-state index contributed by atoms with van der Waals surface area (Å²) in [4.78, 5) is 0. The van der Waals surface area contributed by atoms with Gasteiger partial charge in [0.2, 0.25) is 6.79 Å². The maximum Gasteiger partial charge on any atom is 0.513 e. The van der Waals surface area contributed by atoms with Crippen LogP contribution in [0.5, 0.6) is 11.5 Å². The van der Waals surface area contributed by atoms with Gasteiger partial charge in [0, 0.05) is 0 Å². The van der Waals surface area contributed by atoms with E-state index in [4.69, 9.17) is 9.47 Å². The molecule has 0 amide bonds. The summed E-state index contributed by atoms with van der Waals surface area (Å²) in [6.45, 7) is 4.51. The van der Waals surface area contributed by atoms with Crippen LogP contribution in [0.2, 0.25) is 0 Å². The van der Waals surface area contributed by atoms with E-state index in [1.54, 1.807) is 0 Å². The number of benzene rings is 1. The predicted molar refractivity (Wildman–Crippen MR) is 56.4 cm³/mol. The molecule has 0 aromatic heterocycles. The van der Waals surface area contributed by atoms with Gasteiger partial charge in [-0.15, -0.1) is 3.69 Å². The summed E-state index contributed by atoms with van der Waals surface area (Å²) >= 11 is 3.21. The molecule has 2 aliphatic rings. The van der Waals surface area contributed by atoms with Crippen molar-refractivity contribution in [3.8, 4) is 11.5 Å². The highest BCUT2D eigenvalue weighted by Gasteiger charge is 2.18. The fourth-order valence-electron chi connectivity index (χ4n) is 1.53. The first-order valence-corrected chi connectivity index (χ1v) is 8.79. The molecule has 2 bridgehead atoms. The normalized spacial score (nSPS) is 12.8. The molecule has 0 N–H and O–H groups in total. The van der Waals surface area contributed by atoms with E-state index in [2.05, 4.69) is 32.8 Å². The first kappa shape index (κ1) is 9.61. The van der Waals surface area contributed by atoms with Crippen LogP contribution >= 0.6 is 12.9 Å². The molecular formula is C9H9BrMgO2. The number of hydrogen-bond acceptors (Lipinski definition) is 2. The Morgan fingerprint density at radius 2 is 2.08 bits per heavy atom. The molecule has 0 saturated carbocycles. The molecule has 3 rings (SSSR count). The summed E-state index contributed by atoms with van der Waals surface area (Å²) in [5, 5.41) is 0. The minimum absolute atomic E-state index is 0.348. The standard InChI is InChI=1S/C9H9O2.BrH.Mg/c1-6-7(2)9-4-3-8(6)10-5-11-9;;/h3H,5H2,1-2H3;1H;/q;;+1/p-1. The Morgan fingerprint density at radius 1 is 1.31 bits per heavy atom. The van der Waals surface area contributed by atoms with Crippen LogP contribution in [-0.2, 0) is 0 Å². The van der Waals surface area contributed by atoms with Gasteiger partial charge >= 0.3 is 18.2 Å². The SMILES string of the molecule is Cc1c2c[c]([Mg][Br])c(c1C)OCO2. The Morgan fingerprint density at radius 3 is 2.77 bits per heavy atom. The second kappa shape index (κ2) is 3.67. The lowest BCUT2D eigenvalue weighted by Gasteiger charge is -2.09. The van der Waals surface area contributed by atoms with Gasteiger partial charge in [-0.25, -0.2) is 0 Å². The second-order valence-corrected chi connectivity index (χ2v) is 5.86. The molecule has 2 heterocycles. The van der Waals surface area contributed by atoms with E-state index in [0.717, 1.165) is 11.5 Å². The lowest BCUT2D eigenvalue weighted by Crippen LogP contribution is -2.13. The van der Waals surface area contributed by atoms with Crippen molar-refractivity contribution in [1.29, 1.82) is 0 Å². The molecule has 0 saturated heterocycles. The molecule has 0 radical (unpaired) electrons. The highest BCUT2D eigenvalue weighted by Crippen LogP contribution is 2.30. The molecule has 2 nitrogen and oxygen atoms in total. The summed E-state index contributed by atoms with van der Waals surface area (Å²) in [5.41, 5.74) is 2.42. The topological polar surface area (TPSA) is 18.5 Å². The smallest absolute Gasteiger partial charge is 0.460 e. The lowest BCUT2D eigenvalue weighted by atomic mass is 10.1. The molecule has 0 unspecified atom stereocenters. The Hall–Kier alpha value is 0.0662. The Labute approximate surface area is 93.2 Å². The monoisotopic (exact) mass is 252 g/mol. The van der Waals surface area contributed by atoms with Gasteiger partial charge in [-0.3, -0.25) is 12.9 Å². The van der Waals surface area contributed by atoms with Crippen LogP contribution < -0.4 is 13.2 Å². The maximum atomic E-state index is 5.53. The molecule has 13 heavy (non-hydrogen) atoms. The van der Waals surface area contributed by atoms with Gasteiger partial charge in [-0.05, 0) is 31.0 Å². The summed E-state index contributed by atoms with van der Waals surface area (Å²) < 4.78 is 12.3. The van der Waals surface area contributed by atoms with Crippen molar-refractivity contribution in [3.63, 3.8) is 0 Å². The Bertz CT molecular complexity index is 352. The maximum absolute atomic E-state index is 5.53. The molecule has 66 valence electrons. The molecule has 2 aliphatic heterocycles. The van der Waals surface area contributed by atoms with Gasteiger partial charge in [-0.2, -0.15) is 0 Å². The fourth-order valence-corrected chi connectivity index (χ4v) is 3.53. The van der Waals surface area contributed by atoms with E-state index < -0.39 is 0 Å². The Kier molecular flexibility index (Phi) is 2.71. The van der Waals surface area contributed by atoms with Crippen molar-refractivity contribution >= 4 is 34.8 Å². The molecule has 0 fully saturated rings. The molecule has 4 heteroatoms. The van der Waals surface area contributed by atoms with Crippen molar-refractivity contribution in [1.82, 2.24) is 0 Å². The van der Waals surface area contributed by atoms with E-state index in [0.29, 0.717) is 6.79 Å². The average Bonchev–Trinajstić information content (AvgIpc) is 2.42. The molecule has 1 aromatic carbocycles. The number of ether oxygens (including phenoxy) is 2. The van der Waals surface area contributed by atoms with Crippen LogP contribution in [0.4, 0.5) is 0 Å². The van der Waals surface area contributed by atoms with Gasteiger partial charge in [0.05, 0.1) is 0 Å². The third-order valence-corrected chi connectivity index (χ3v) is 5.06. The van der Waals surface area contributed by atoms with Crippen LogP contribution in [0.3, 0.4) is 0 Å². The fraction of sp³-hybridized carbons (Fsp3) is 0.333. The van der Waals surface area contributed by atoms with Crippen molar-refractivity contribution in [2.75, 3.05) is 6.79 Å². The predicted octanol–water partition coefficient (Wildman–Crippen LogP) is 1.67. The highest BCUT2D eigenvalue weighted by atomic mass is 79.9. The van der Waals surface area contributed by atoms with Crippen LogP contribution in [-0.4, -0.2) is 25.0 Å². The van der Waals surface area contributed by atoms with Crippen LogP contribution in [0.1, 0.15) is 11.1 Å². The summed E-state index contributed by atoms with van der Waals surface area (Å²) in [6, 6.07) is 2.10.